The number of ether oxygens (including phenoxy) is 1. The number of rotatable bonds is 10. The van der Waals surface area contributed by atoms with Gasteiger partial charge in [0, 0.05) is 17.1 Å². The van der Waals surface area contributed by atoms with Crippen molar-refractivity contribution < 1.29 is 22.7 Å². The van der Waals surface area contributed by atoms with Gasteiger partial charge in [-0.3, -0.25) is 13.9 Å². The Kier molecular flexibility index (Phi) is 9.66. The summed E-state index contributed by atoms with van der Waals surface area (Å²) in [6, 6.07) is 11.2. The van der Waals surface area contributed by atoms with Gasteiger partial charge in [-0.1, -0.05) is 52.5 Å². The lowest BCUT2D eigenvalue weighted by atomic mass is 10.1. The molecule has 3 rings (SSSR count). The summed E-state index contributed by atoms with van der Waals surface area (Å²) < 4.78 is 32.3. The van der Waals surface area contributed by atoms with Crippen LogP contribution in [0.4, 0.5) is 5.69 Å². The number of anilines is 1. The monoisotopic (exact) mass is 599 g/mol. The van der Waals surface area contributed by atoms with E-state index in [0.717, 1.165) is 46.3 Å². The largest absolute Gasteiger partial charge is 0.495 e. The highest BCUT2D eigenvalue weighted by atomic mass is 79.9. The SMILES string of the molecule is COc1ccc(N(CC(=O)N(Cc2cccc(Br)c2)C(C)C(=O)NC2CCCC2)S(C)(=O)=O)cc1Cl. The first-order valence-electron chi connectivity index (χ1n) is 11.6. The summed E-state index contributed by atoms with van der Waals surface area (Å²) in [7, 11) is -2.39. The molecule has 0 heterocycles. The van der Waals surface area contributed by atoms with Crippen LogP contribution < -0.4 is 14.4 Å². The number of halogens is 2. The summed E-state index contributed by atoms with van der Waals surface area (Å²) in [4.78, 5) is 28.1. The van der Waals surface area contributed by atoms with E-state index in [-0.39, 0.29) is 29.2 Å². The minimum atomic E-state index is -3.85. The van der Waals surface area contributed by atoms with Crippen LogP contribution in [0.3, 0.4) is 0 Å². The van der Waals surface area contributed by atoms with Crippen molar-refractivity contribution in [2.75, 3.05) is 24.2 Å². The summed E-state index contributed by atoms with van der Waals surface area (Å²) in [5.74, 6) is -0.390. The summed E-state index contributed by atoms with van der Waals surface area (Å²) in [6.45, 7) is 1.31. The van der Waals surface area contributed by atoms with E-state index in [9.17, 15) is 18.0 Å². The van der Waals surface area contributed by atoms with E-state index in [1.807, 2.05) is 24.3 Å². The zero-order valence-electron chi connectivity index (χ0n) is 20.5. The predicted molar refractivity (Wildman–Crippen MR) is 145 cm³/mol. The minimum absolute atomic E-state index is 0.0942. The molecule has 0 aliphatic heterocycles. The summed E-state index contributed by atoms with van der Waals surface area (Å²) in [5, 5.41) is 3.26. The van der Waals surface area contributed by atoms with Crippen LogP contribution in [0.5, 0.6) is 5.75 Å². The second kappa shape index (κ2) is 12.3. The lowest BCUT2D eigenvalue weighted by molar-refractivity contribution is -0.139. The molecule has 8 nitrogen and oxygen atoms in total. The molecule has 1 N–H and O–H groups in total. The lowest BCUT2D eigenvalue weighted by Gasteiger charge is -2.32. The van der Waals surface area contributed by atoms with Crippen molar-refractivity contribution in [3.8, 4) is 5.75 Å². The van der Waals surface area contributed by atoms with Crippen molar-refractivity contribution >= 4 is 55.1 Å². The van der Waals surface area contributed by atoms with Crippen LogP contribution in [-0.2, 0) is 26.2 Å². The molecule has 1 atom stereocenters. The third kappa shape index (κ3) is 7.36. The maximum Gasteiger partial charge on any atom is 0.244 e. The molecule has 2 aromatic carbocycles. The van der Waals surface area contributed by atoms with E-state index in [1.54, 1.807) is 6.92 Å². The van der Waals surface area contributed by atoms with Crippen molar-refractivity contribution in [3.63, 3.8) is 0 Å². The smallest absolute Gasteiger partial charge is 0.244 e. The molecular weight excluding hydrogens is 570 g/mol. The number of hydrogen-bond donors (Lipinski definition) is 1. The van der Waals surface area contributed by atoms with Crippen LogP contribution in [0.2, 0.25) is 5.02 Å². The Bertz CT molecular complexity index is 1200. The normalized spacial score (nSPS) is 14.8. The van der Waals surface area contributed by atoms with E-state index >= 15 is 0 Å². The third-order valence-corrected chi connectivity index (χ3v) is 8.14. The van der Waals surface area contributed by atoms with Gasteiger partial charge < -0.3 is 15.0 Å². The molecule has 11 heteroatoms. The molecule has 2 amide bonds. The highest BCUT2D eigenvalue weighted by Gasteiger charge is 2.31. The van der Waals surface area contributed by atoms with Crippen LogP contribution >= 0.6 is 27.5 Å². The van der Waals surface area contributed by atoms with Crippen molar-refractivity contribution in [1.29, 1.82) is 0 Å². The molecule has 0 radical (unpaired) electrons. The van der Waals surface area contributed by atoms with Gasteiger partial charge >= 0.3 is 0 Å². The maximum atomic E-state index is 13.6. The minimum Gasteiger partial charge on any atom is -0.495 e. The van der Waals surface area contributed by atoms with Gasteiger partial charge in [-0.2, -0.15) is 0 Å². The van der Waals surface area contributed by atoms with Crippen LogP contribution in [0.25, 0.3) is 0 Å². The average molecular weight is 601 g/mol. The Balaban J connectivity index is 1.90. The molecule has 0 bridgehead atoms. The van der Waals surface area contributed by atoms with Gasteiger partial charge in [0.15, 0.2) is 0 Å². The Hall–Kier alpha value is -2.30. The number of carbonyl (C=O) groups is 2. The Morgan fingerprint density at radius 3 is 2.47 bits per heavy atom. The summed E-state index contributed by atoms with van der Waals surface area (Å²) >= 11 is 9.65. The van der Waals surface area contributed by atoms with Gasteiger partial charge in [-0.05, 0) is 55.7 Å². The number of benzene rings is 2. The number of amides is 2. The number of nitrogens with zero attached hydrogens (tertiary/aromatic N) is 2. The molecule has 2 aromatic rings. The second-order valence-electron chi connectivity index (χ2n) is 8.91. The van der Waals surface area contributed by atoms with E-state index in [4.69, 9.17) is 16.3 Å². The number of hydrogen-bond acceptors (Lipinski definition) is 5. The quantitative estimate of drug-likeness (QED) is 0.437. The van der Waals surface area contributed by atoms with Gasteiger partial charge in [-0.25, -0.2) is 8.42 Å². The molecule has 1 unspecified atom stereocenters. The van der Waals surface area contributed by atoms with E-state index < -0.39 is 28.5 Å². The van der Waals surface area contributed by atoms with Gasteiger partial charge in [0.05, 0.1) is 24.1 Å². The average Bonchev–Trinajstić information content (AvgIpc) is 3.32. The third-order valence-electron chi connectivity index (χ3n) is 6.21. The van der Waals surface area contributed by atoms with Gasteiger partial charge in [0.1, 0.15) is 18.3 Å². The number of nitrogens with one attached hydrogen (secondary N) is 1. The van der Waals surface area contributed by atoms with E-state index in [1.165, 1.54) is 30.2 Å². The van der Waals surface area contributed by atoms with Crippen molar-refractivity contribution in [3.05, 3.63) is 57.5 Å². The first-order valence-corrected chi connectivity index (χ1v) is 14.7. The lowest BCUT2D eigenvalue weighted by Crippen LogP contribution is -2.52. The maximum absolute atomic E-state index is 13.6. The Labute approximate surface area is 226 Å². The molecule has 1 fully saturated rings. The first kappa shape index (κ1) is 28.3. The molecule has 1 aliphatic rings. The fraction of sp³-hybridized carbons (Fsp3) is 0.440. The van der Waals surface area contributed by atoms with Crippen molar-refractivity contribution in [1.82, 2.24) is 10.2 Å². The van der Waals surface area contributed by atoms with Crippen molar-refractivity contribution in [2.24, 2.45) is 0 Å². The Morgan fingerprint density at radius 2 is 1.89 bits per heavy atom. The molecule has 0 saturated heterocycles. The Morgan fingerprint density at radius 1 is 1.19 bits per heavy atom. The van der Waals surface area contributed by atoms with Crippen LogP contribution in [0.1, 0.15) is 38.2 Å². The highest BCUT2D eigenvalue weighted by molar-refractivity contribution is 9.10. The zero-order valence-corrected chi connectivity index (χ0v) is 23.7. The van der Waals surface area contributed by atoms with Crippen molar-refractivity contribution in [2.45, 2.75) is 51.2 Å². The highest BCUT2D eigenvalue weighted by Crippen LogP contribution is 2.30. The number of methoxy groups -OCH3 is 1. The van der Waals surface area contributed by atoms with Gasteiger partial charge in [-0.15, -0.1) is 0 Å². The standard InChI is InChI=1S/C25H31BrClN3O5S/c1-17(25(32)28-20-9-4-5-10-20)29(15-18-7-6-8-19(26)13-18)24(31)16-30(36(3,33)34)21-11-12-23(35-2)22(27)14-21/h6-8,11-14,17,20H,4-5,9-10,15-16H2,1-3H3,(H,28,32). The number of carbonyl (C=O) groups excluding carboxylic acids is 2. The molecule has 1 saturated carbocycles. The van der Waals surface area contributed by atoms with Crippen LogP contribution in [-0.4, -0.2) is 57.1 Å². The number of sulfonamides is 1. The summed E-state index contributed by atoms with van der Waals surface area (Å²) in [5.41, 5.74) is 1.03. The fourth-order valence-electron chi connectivity index (χ4n) is 4.23. The van der Waals surface area contributed by atoms with Crippen LogP contribution in [0.15, 0.2) is 46.9 Å². The molecule has 0 aromatic heterocycles. The van der Waals surface area contributed by atoms with Crippen LogP contribution in [0, 0.1) is 0 Å². The van der Waals surface area contributed by atoms with E-state index in [0.29, 0.717) is 5.75 Å². The second-order valence-corrected chi connectivity index (χ2v) is 12.1. The topological polar surface area (TPSA) is 96.0 Å². The first-order chi connectivity index (χ1) is 17.0. The molecule has 196 valence electrons. The zero-order chi connectivity index (χ0) is 26.5. The molecular formula is C25H31BrClN3O5S. The summed E-state index contributed by atoms with van der Waals surface area (Å²) in [6.07, 6.45) is 4.98. The van der Waals surface area contributed by atoms with Gasteiger partial charge in [0.25, 0.3) is 0 Å². The van der Waals surface area contributed by atoms with E-state index in [2.05, 4.69) is 21.2 Å². The van der Waals surface area contributed by atoms with Gasteiger partial charge in [0.2, 0.25) is 21.8 Å². The molecule has 36 heavy (non-hydrogen) atoms. The predicted octanol–water partition coefficient (Wildman–Crippen LogP) is 4.35. The molecule has 0 spiro atoms. The fourth-order valence-corrected chi connectivity index (χ4v) is 5.77. The molecule has 1 aliphatic carbocycles.